The number of fused-ring (bicyclic) bond motifs is 1. The second kappa shape index (κ2) is 3.75. The average molecular weight is 209 g/mol. The molecule has 0 unspecified atom stereocenters. The van der Waals surface area contributed by atoms with E-state index < -0.39 is 0 Å². The van der Waals surface area contributed by atoms with Gasteiger partial charge in [-0.25, -0.2) is 0 Å². The van der Waals surface area contributed by atoms with Crippen molar-refractivity contribution in [1.29, 1.82) is 0 Å². The molecule has 0 saturated heterocycles. The molecule has 0 radical (unpaired) electrons. The molecule has 0 aliphatic carbocycles. The molecule has 0 amide bonds. The highest BCUT2D eigenvalue weighted by molar-refractivity contribution is 6.11. The van der Waals surface area contributed by atoms with E-state index in [1.165, 1.54) is 28.5 Å². The SMILES string of the molecule is C[C@@H]1CCC(c2cccc3ccccc23)=N1. The summed E-state index contributed by atoms with van der Waals surface area (Å²) in [5, 5.41) is 2.64. The molecule has 3 rings (SSSR count). The van der Waals surface area contributed by atoms with Crippen molar-refractivity contribution >= 4 is 16.5 Å². The third kappa shape index (κ3) is 1.53. The van der Waals surface area contributed by atoms with Crippen molar-refractivity contribution in [2.45, 2.75) is 25.8 Å². The van der Waals surface area contributed by atoms with Crippen molar-refractivity contribution in [3.8, 4) is 0 Å². The first-order chi connectivity index (χ1) is 7.84. The van der Waals surface area contributed by atoms with Crippen LogP contribution in [-0.4, -0.2) is 11.8 Å². The van der Waals surface area contributed by atoms with Crippen LogP contribution in [-0.2, 0) is 0 Å². The summed E-state index contributed by atoms with van der Waals surface area (Å²) < 4.78 is 0. The number of benzene rings is 2. The van der Waals surface area contributed by atoms with E-state index in [0.29, 0.717) is 6.04 Å². The van der Waals surface area contributed by atoms with Crippen molar-refractivity contribution < 1.29 is 0 Å². The van der Waals surface area contributed by atoms with Gasteiger partial charge in [0.25, 0.3) is 0 Å². The van der Waals surface area contributed by atoms with Gasteiger partial charge in [-0.1, -0.05) is 42.5 Å². The molecule has 1 heterocycles. The number of hydrogen-bond donors (Lipinski definition) is 0. The molecule has 0 spiro atoms. The van der Waals surface area contributed by atoms with Gasteiger partial charge in [0.05, 0.1) is 0 Å². The quantitative estimate of drug-likeness (QED) is 0.677. The summed E-state index contributed by atoms with van der Waals surface area (Å²) >= 11 is 0. The summed E-state index contributed by atoms with van der Waals surface area (Å²) in [5.41, 5.74) is 2.60. The number of aliphatic imine (C=N–C) groups is 1. The minimum atomic E-state index is 0.494. The standard InChI is InChI=1S/C15H15N/c1-11-9-10-15(16-11)14-8-4-6-12-5-2-3-7-13(12)14/h2-8,11H,9-10H2,1H3/t11-/m1/s1. The van der Waals surface area contributed by atoms with Crippen LogP contribution in [0.2, 0.25) is 0 Å². The Morgan fingerprint density at radius 1 is 1.06 bits per heavy atom. The van der Waals surface area contributed by atoms with Crippen LogP contribution in [0.1, 0.15) is 25.3 Å². The fourth-order valence-electron chi connectivity index (χ4n) is 2.42. The molecule has 0 bridgehead atoms. The van der Waals surface area contributed by atoms with Crippen molar-refractivity contribution in [3.63, 3.8) is 0 Å². The Morgan fingerprint density at radius 3 is 2.69 bits per heavy atom. The Bertz CT molecular complexity index is 549. The Labute approximate surface area is 95.8 Å². The van der Waals surface area contributed by atoms with Gasteiger partial charge in [0.1, 0.15) is 0 Å². The summed E-state index contributed by atoms with van der Waals surface area (Å²) in [4.78, 5) is 4.73. The molecule has 2 aromatic rings. The molecule has 1 aliphatic rings. The molecule has 80 valence electrons. The van der Waals surface area contributed by atoms with Gasteiger partial charge in [-0.2, -0.15) is 0 Å². The van der Waals surface area contributed by atoms with Gasteiger partial charge in [0.15, 0.2) is 0 Å². The van der Waals surface area contributed by atoms with Gasteiger partial charge in [-0.05, 0) is 30.5 Å². The highest BCUT2D eigenvalue weighted by Crippen LogP contribution is 2.24. The molecule has 1 atom stereocenters. The molecule has 2 aromatic carbocycles. The first kappa shape index (κ1) is 9.59. The largest absolute Gasteiger partial charge is 0.286 e. The van der Waals surface area contributed by atoms with Crippen molar-refractivity contribution in [2.24, 2.45) is 4.99 Å². The van der Waals surface area contributed by atoms with Crippen molar-refractivity contribution in [3.05, 3.63) is 48.0 Å². The fraction of sp³-hybridized carbons (Fsp3) is 0.267. The zero-order chi connectivity index (χ0) is 11.0. The lowest BCUT2D eigenvalue weighted by atomic mass is 9.99. The van der Waals surface area contributed by atoms with Crippen molar-refractivity contribution in [1.82, 2.24) is 0 Å². The third-order valence-corrected chi connectivity index (χ3v) is 3.28. The zero-order valence-electron chi connectivity index (χ0n) is 9.48. The summed E-state index contributed by atoms with van der Waals surface area (Å²) in [5.74, 6) is 0. The number of hydrogen-bond acceptors (Lipinski definition) is 1. The average Bonchev–Trinajstić information content (AvgIpc) is 2.75. The monoisotopic (exact) mass is 209 g/mol. The van der Waals surface area contributed by atoms with Crippen LogP contribution in [0.5, 0.6) is 0 Å². The smallest absolute Gasteiger partial charge is 0.0478 e. The van der Waals surface area contributed by atoms with Crippen LogP contribution < -0.4 is 0 Å². The highest BCUT2D eigenvalue weighted by Gasteiger charge is 2.15. The molecule has 1 nitrogen and oxygen atoms in total. The van der Waals surface area contributed by atoms with E-state index >= 15 is 0 Å². The van der Waals surface area contributed by atoms with E-state index in [-0.39, 0.29) is 0 Å². The fourth-order valence-corrected chi connectivity index (χ4v) is 2.42. The first-order valence-electron chi connectivity index (χ1n) is 5.89. The molecule has 16 heavy (non-hydrogen) atoms. The van der Waals surface area contributed by atoms with Crippen LogP contribution in [0, 0.1) is 0 Å². The maximum absolute atomic E-state index is 4.73. The summed E-state index contributed by atoms with van der Waals surface area (Å²) in [6.07, 6.45) is 2.31. The zero-order valence-corrected chi connectivity index (χ0v) is 9.48. The van der Waals surface area contributed by atoms with Gasteiger partial charge in [0, 0.05) is 17.3 Å². The van der Waals surface area contributed by atoms with E-state index in [4.69, 9.17) is 4.99 Å². The topological polar surface area (TPSA) is 12.4 Å². The summed E-state index contributed by atoms with van der Waals surface area (Å²) in [7, 11) is 0. The van der Waals surface area contributed by atoms with E-state index in [9.17, 15) is 0 Å². The lowest BCUT2D eigenvalue weighted by Gasteiger charge is -2.05. The van der Waals surface area contributed by atoms with Gasteiger partial charge in [-0.3, -0.25) is 4.99 Å². The van der Waals surface area contributed by atoms with E-state index in [1.807, 2.05) is 0 Å². The maximum atomic E-state index is 4.73. The Kier molecular flexibility index (Phi) is 2.24. The second-order valence-electron chi connectivity index (χ2n) is 4.49. The molecule has 0 saturated carbocycles. The molecule has 1 heteroatoms. The van der Waals surface area contributed by atoms with Crippen LogP contribution >= 0.6 is 0 Å². The maximum Gasteiger partial charge on any atom is 0.0478 e. The molecule has 0 aromatic heterocycles. The van der Waals surface area contributed by atoms with Crippen LogP contribution in [0.15, 0.2) is 47.5 Å². The van der Waals surface area contributed by atoms with E-state index in [2.05, 4.69) is 49.4 Å². The minimum Gasteiger partial charge on any atom is -0.286 e. The predicted octanol–water partition coefficient (Wildman–Crippen LogP) is 3.81. The normalized spacial score (nSPS) is 20.1. The van der Waals surface area contributed by atoms with Crippen LogP contribution in [0.25, 0.3) is 10.8 Å². The molecule has 0 fully saturated rings. The van der Waals surface area contributed by atoms with Gasteiger partial charge in [0.2, 0.25) is 0 Å². The van der Waals surface area contributed by atoms with E-state index in [0.717, 1.165) is 6.42 Å². The summed E-state index contributed by atoms with van der Waals surface area (Å²) in [6.45, 7) is 2.19. The number of rotatable bonds is 1. The van der Waals surface area contributed by atoms with E-state index in [1.54, 1.807) is 0 Å². The molecular formula is C15H15N. The Balaban J connectivity index is 2.20. The highest BCUT2D eigenvalue weighted by atomic mass is 14.8. The molecular weight excluding hydrogens is 194 g/mol. The van der Waals surface area contributed by atoms with Gasteiger partial charge < -0.3 is 0 Å². The lowest BCUT2D eigenvalue weighted by Crippen LogP contribution is -1.96. The summed E-state index contributed by atoms with van der Waals surface area (Å²) in [6, 6.07) is 15.5. The third-order valence-electron chi connectivity index (χ3n) is 3.28. The molecule has 1 aliphatic heterocycles. The second-order valence-corrected chi connectivity index (χ2v) is 4.49. The van der Waals surface area contributed by atoms with Gasteiger partial charge in [-0.15, -0.1) is 0 Å². The van der Waals surface area contributed by atoms with Crippen LogP contribution in [0.4, 0.5) is 0 Å². The first-order valence-corrected chi connectivity index (χ1v) is 5.89. The Morgan fingerprint density at radius 2 is 1.88 bits per heavy atom. The number of nitrogens with zero attached hydrogens (tertiary/aromatic N) is 1. The Hall–Kier alpha value is -1.63. The molecule has 0 N–H and O–H groups in total. The predicted molar refractivity (Wildman–Crippen MR) is 69.2 cm³/mol. The lowest BCUT2D eigenvalue weighted by molar-refractivity contribution is 0.739. The van der Waals surface area contributed by atoms with Gasteiger partial charge >= 0.3 is 0 Å². The minimum absolute atomic E-state index is 0.494. The van der Waals surface area contributed by atoms with Crippen LogP contribution in [0.3, 0.4) is 0 Å². The van der Waals surface area contributed by atoms with Crippen molar-refractivity contribution in [2.75, 3.05) is 0 Å².